The van der Waals surface area contributed by atoms with E-state index in [2.05, 4.69) is 20.2 Å². The predicted octanol–water partition coefficient (Wildman–Crippen LogP) is 1.84. The molecular weight excluding hydrogens is 226 g/mol. The number of pyridine rings is 1. The zero-order valence-electron chi connectivity index (χ0n) is 8.08. The van der Waals surface area contributed by atoms with Crippen LogP contribution in [0.4, 0.5) is 0 Å². The van der Waals surface area contributed by atoms with Crippen LogP contribution in [0.1, 0.15) is 0 Å². The van der Waals surface area contributed by atoms with E-state index in [0.29, 0.717) is 10.8 Å². The normalized spacial score (nSPS) is 10.8. The van der Waals surface area contributed by atoms with Crippen LogP contribution in [0, 0.1) is 0 Å². The summed E-state index contributed by atoms with van der Waals surface area (Å²) in [5, 5.41) is 8.42. The smallest absolute Gasteiger partial charge is 0.198 e. The molecule has 3 rings (SSSR count). The molecule has 3 aromatic heterocycles. The molecule has 0 aliphatic heterocycles. The fourth-order valence-corrected chi connectivity index (χ4v) is 1.68. The largest absolute Gasteiger partial charge is 0.278 e. The van der Waals surface area contributed by atoms with Crippen LogP contribution in [-0.4, -0.2) is 24.6 Å². The summed E-state index contributed by atoms with van der Waals surface area (Å²) in [5.41, 5.74) is 1.49. The molecule has 16 heavy (non-hydrogen) atoms. The van der Waals surface area contributed by atoms with Crippen LogP contribution in [-0.2, 0) is 0 Å². The molecule has 0 aliphatic carbocycles. The quantitative estimate of drug-likeness (QED) is 0.641. The Bertz CT molecular complexity index is 634. The average Bonchev–Trinajstić information content (AvgIpc) is 2.75. The number of aromatic nitrogens is 5. The lowest BCUT2D eigenvalue weighted by Gasteiger charge is -1.98. The van der Waals surface area contributed by atoms with Gasteiger partial charge in [-0.1, -0.05) is 11.6 Å². The number of hydrogen-bond acceptors (Lipinski definition) is 4. The Morgan fingerprint density at radius 2 is 1.88 bits per heavy atom. The molecule has 0 radical (unpaired) electrons. The third kappa shape index (κ3) is 1.33. The van der Waals surface area contributed by atoms with Gasteiger partial charge in [-0.15, -0.1) is 10.2 Å². The molecule has 78 valence electrons. The molecule has 6 heteroatoms. The van der Waals surface area contributed by atoms with Gasteiger partial charge in [0.2, 0.25) is 0 Å². The van der Waals surface area contributed by atoms with E-state index in [1.165, 1.54) is 0 Å². The summed E-state index contributed by atoms with van der Waals surface area (Å²) in [4.78, 5) is 7.90. The molecular formula is C10H6ClN5. The molecule has 0 spiro atoms. The Balaban J connectivity index is 2.30. The average molecular weight is 232 g/mol. The summed E-state index contributed by atoms with van der Waals surface area (Å²) in [7, 11) is 0. The fraction of sp³-hybridized carbons (Fsp3) is 0. The van der Waals surface area contributed by atoms with Crippen molar-refractivity contribution in [2.24, 2.45) is 0 Å². The van der Waals surface area contributed by atoms with Crippen molar-refractivity contribution in [3.05, 3.63) is 42.1 Å². The van der Waals surface area contributed by atoms with Gasteiger partial charge in [0.25, 0.3) is 0 Å². The van der Waals surface area contributed by atoms with E-state index < -0.39 is 0 Å². The minimum Gasteiger partial charge on any atom is -0.278 e. The van der Waals surface area contributed by atoms with Crippen molar-refractivity contribution < 1.29 is 0 Å². The van der Waals surface area contributed by atoms with E-state index >= 15 is 0 Å². The molecule has 0 saturated carbocycles. The number of halogens is 1. The molecule has 0 amide bonds. The van der Waals surface area contributed by atoms with Crippen LogP contribution in [0.15, 0.2) is 36.9 Å². The van der Waals surface area contributed by atoms with Gasteiger partial charge >= 0.3 is 0 Å². The van der Waals surface area contributed by atoms with Crippen molar-refractivity contribution in [1.82, 2.24) is 24.6 Å². The molecule has 0 aliphatic rings. The standard InChI is InChI=1S/C10H6ClN5/c11-8-10-15-14-9(16(10)6-5-13-8)7-1-3-12-4-2-7/h1-6H. The molecule has 3 heterocycles. The zero-order chi connectivity index (χ0) is 11.0. The number of nitrogens with zero attached hydrogens (tertiary/aromatic N) is 5. The Morgan fingerprint density at radius 3 is 2.69 bits per heavy atom. The topological polar surface area (TPSA) is 56.0 Å². The monoisotopic (exact) mass is 231 g/mol. The van der Waals surface area contributed by atoms with Gasteiger partial charge in [-0.2, -0.15) is 0 Å². The summed E-state index contributed by atoms with van der Waals surface area (Å²) < 4.78 is 1.80. The second-order valence-electron chi connectivity index (χ2n) is 3.17. The van der Waals surface area contributed by atoms with Gasteiger partial charge in [0.15, 0.2) is 16.6 Å². The van der Waals surface area contributed by atoms with E-state index in [9.17, 15) is 0 Å². The van der Waals surface area contributed by atoms with Crippen LogP contribution in [0.2, 0.25) is 5.15 Å². The van der Waals surface area contributed by atoms with Crippen molar-refractivity contribution in [2.45, 2.75) is 0 Å². The Kier molecular flexibility index (Phi) is 2.04. The number of hydrogen-bond donors (Lipinski definition) is 0. The van der Waals surface area contributed by atoms with Crippen LogP contribution < -0.4 is 0 Å². The molecule has 3 aromatic rings. The van der Waals surface area contributed by atoms with Gasteiger partial charge in [-0.25, -0.2) is 4.98 Å². The molecule has 0 saturated heterocycles. The van der Waals surface area contributed by atoms with Crippen LogP contribution >= 0.6 is 11.6 Å². The first-order valence-corrected chi connectivity index (χ1v) is 5.00. The van der Waals surface area contributed by atoms with Gasteiger partial charge in [-0.3, -0.25) is 9.38 Å². The van der Waals surface area contributed by atoms with E-state index in [1.54, 1.807) is 29.2 Å². The molecule has 0 N–H and O–H groups in total. The highest BCUT2D eigenvalue weighted by Gasteiger charge is 2.09. The van der Waals surface area contributed by atoms with Gasteiger partial charge in [0, 0.05) is 30.4 Å². The first-order valence-electron chi connectivity index (χ1n) is 4.62. The molecule has 5 nitrogen and oxygen atoms in total. The highest BCUT2D eigenvalue weighted by molar-refractivity contribution is 6.32. The molecule has 0 unspecified atom stereocenters. The Hall–Kier alpha value is -2.01. The van der Waals surface area contributed by atoms with Gasteiger partial charge in [0.05, 0.1) is 0 Å². The maximum atomic E-state index is 5.91. The first-order chi connectivity index (χ1) is 7.86. The summed E-state index contributed by atoms with van der Waals surface area (Å²) >= 11 is 5.91. The lowest BCUT2D eigenvalue weighted by atomic mass is 10.2. The second-order valence-corrected chi connectivity index (χ2v) is 3.53. The lowest BCUT2D eigenvalue weighted by Crippen LogP contribution is -1.90. The maximum absolute atomic E-state index is 5.91. The highest BCUT2D eigenvalue weighted by atomic mass is 35.5. The summed E-state index contributed by atoms with van der Waals surface area (Å²) in [5.74, 6) is 0.724. The van der Waals surface area contributed by atoms with Crippen LogP contribution in [0.5, 0.6) is 0 Å². The van der Waals surface area contributed by atoms with Crippen molar-refractivity contribution in [3.63, 3.8) is 0 Å². The third-order valence-corrected chi connectivity index (χ3v) is 2.49. The number of fused-ring (bicyclic) bond motifs is 1. The molecule has 0 atom stereocenters. The SMILES string of the molecule is Clc1nccn2c(-c3ccncc3)nnc12. The predicted molar refractivity (Wildman–Crippen MR) is 59.0 cm³/mol. The van der Waals surface area contributed by atoms with Crippen molar-refractivity contribution in [3.8, 4) is 11.4 Å². The maximum Gasteiger partial charge on any atom is 0.198 e. The van der Waals surface area contributed by atoms with Gasteiger partial charge < -0.3 is 0 Å². The highest BCUT2D eigenvalue weighted by Crippen LogP contribution is 2.19. The van der Waals surface area contributed by atoms with Crippen molar-refractivity contribution in [2.75, 3.05) is 0 Å². The summed E-state index contributed by atoms with van der Waals surface area (Å²) in [6, 6.07) is 3.73. The lowest BCUT2D eigenvalue weighted by molar-refractivity contribution is 1.11. The molecule has 0 fully saturated rings. The fourth-order valence-electron chi connectivity index (χ4n) is 1.49. The van der Waals surface area contributed by atoms with Crippen LogP contribution in [0.25, 0.3) is 17.0 Å². The third-order valence-electron chi connectivity index (χ3n) is 2.22. The minimum atomic E-state index is 0.343. The molecule has 0 bridgehead atoms. The van der Waals surface area contributed by atoms with E-state index in [0.717, 1.165) is 11.4 Å². The number of rotatable bonds is 1. The van der Waals surface area contributed by atoms with Crippen LogP contribution in [0.3, 0.4) is 0 Å². The summed E-state index contributed by atoms with van der Waals surface area (Å²) in [6.07, 6.45) is 6.80. The molecule has 0 aromatic carbocycles. The summed E-state index contributed by atoms with van der Waals surface area (Å²) in [6.45, 7) is 0. The van der Waals surface area contributed by atoms with E-state index in [1.807, 2.05) is 12.1 Å². The van der Waals surface area contributed by atoms with Gasteiger partial charge in [-0.05, 0) is 12.1 Å². The van der Waals surface area contributed by atoms with Crippen molar-refractivity contribution >= 4 is 17.2 Å². The Morgan fingerprint density at radius 1 is 1.06 bits per heavy atom. The van der Waals surface area contributed by atoms with Crippen molar-refractivity contribution in [1.29, 1.82) is 0 Å². The first kappa shape index (κ1) is 9.23. The van der Waals surface area contributed by atoms with E-state index in [-0.39, 0.29) is 0 Å². The van der Waals surface area contributed by atoms with Gasteiger partial charge in [0.1, 0.15) is 0 Å². The van der Waals surface area contributed by atoms with E-state index in [4.69, 9.17) is 11.6 Å². The zero-order valence-corrected chi connectivity index (χ0v) is 8.83. The Labute approximate surface area is 95.8 Å². The second kappa shape index (κ2) is 3.53. The minimum absolute atomic E-state index is 0.343.